The number of carbonyl (C=O) groups is 2. The third kappa shape index (κ3) is 2.29. The molecule has 0 atom stereocenters. The quantitative estimate of drug-likeness (QED) is 0.661. The Morgan fingerprint density at radius 1 is 1.08 bits per heavy atom. The normalized spacial score (nSPS) is 13.0. The number of nitrogens with two attached hydrogens (primary N) is 1. The lowest BCUT2D eigenvalue weighted by Gasteiger charge is -2.12. The van der Waals surface area contributed by atoms with Crippen LogP contribution in [0.25, 0.3) is 11.4 Å². The number of nitrogen functional groups attached to an aromatic ring is 1. The van der Waals surface area contributed by atoms with Crippen LogP contribution in [0.5, 0.6) is 0 Å². The Morgan fingerprint density at radius 3 is 2.42 bits per heavy atom. The Labute approximate surface area is 147 Å². The van der Waals surface area contributed by atoms with Crippen molar-refractivity contribution in [2.75, 3.05) is 5.73 Å². The molecule has 0 aliphatic carbocycles. The molecule has 0 bridgehead atoms. The van der Waals surface area contributed by atoms with Crippen LogP contribution in [0.3, 0.4) is 0 Å². The van der Waals surface area contributed by atoms with Crippen LogP contribution >= 0.6 is 0 Å². The number of anilines is 1. The highest BCUT2D eigenvalue weighted by molar-refractivity contribution is 6.23. The Kier molecular flexibility index (Phi) is 3.43. The smallest absolute Gasteiger partial charge is 0.262 e. The number of hydrogen-bond donors (Lipinski definition) is 2. The van der Waals surface area contributed by atoms with Crippen molar-refractivity contribution in [1.82, 2.24) is 24.9 Å². The minimum absolute atomic E-state index is 0.0000747. The van der Waals surface area contributed by atoms with Gasteiger partial charge in [0.25, 0.3) is 17.4 Å². The standard InChI is InChI=1S/C17H14N6O3/c1-2-9-8-22(21-20-9)10-3-5-11(6-4-10)23-13(24)7-12-14(15(23)18)17(26)19-16(12)25/h3-8H,2,18H2,1H3,(H,19,25,26). The molecular formula is C17H14N6O3. The summed E-state index contributed by atoms with van der Waals surface area (Å²) in [5, 5.41) is 10.2. The molecule has 0 spiro atoms. The fourth-order valence-corrected chi connectivity index (χ4v) is 2.89. The van der Waals surface area contributed by atoms with Gasteiger partial charge >= 0.3 is 0 Å². The zero-order chi connectivity index (χ0) is 18.4. The number of hydrogen-bond acceptors (Lipinski definition) is 6. The zero-order valence-electron chi connectivity index (χ0n) is 13.8. The second kappa shape index (κ2) is 5.66. The van der Waals surface area contributed by atoms with Gasteiger partial charge in [-0.2, -0.15) is 0 Å². The molecule has 130 valence electrons. The lowest BCUT2D eigenvalue weighted by atomic mass is 10.1. The summed E-state index contributed by atoms with van der Waals surface area (Å²) in [6.07, 6.45) is 2.60. The SMILES string of the molecule is CCc1cn(-c2ccc(-n3c(N)c4c(cc3=O)C(=O)NC4=O)cc2)nn1. The summed E-state index contributed by atoms with van der Waals surface area (Å²) in [7, 11) is 0. The average Bonchev–Trinajstić information content (AvgIpc) is 3.20. The van der Waals surface area contributed by atoms with E-state index < -0.39 is 17.4 Å². The molecule has 0 radical (unpaired) electrons. The first-order valence-electron chi connectivity index (χ1n) is 7.93. The average molecular weight is 350 g/mol. The molecule has 2 amide bonds. The highest BCUT2D eigenvalue weighted by Gasteiger charge is 2.31. The Balaban J connectivity index is 1.79. The van der Waals surface area contributed by atoms with Crippen molar-refractivity contribution in [1.29, 1.82) is 0 Å². The first kappa shape index (κ1) is 15.8. The maximum atomic E-state index is 12.4. The van der Waals surface area contributed by atoms with Crippen LogP contribution in [-0.2, 0) is 6.42 Å². The van der Waals surface area contributed by atoms with E-state index in [-0.39, 0.29) is 16.9 Å². The van der Waals surface area contributed by atoms with Crippen LogP contribution in [-0.4, -0.2) is 31.4 Å². The Morgan fingerprint density at radius 2 is 1.77 bits per heavy atom. The van der Waals surface area contributed by atoms with Gasteiger partial charge in [0, 0.05) is 6.07 Å². The minimum atomic E-state index is -0.616. The van der Waals surface area contributed by atoms with E-state index in [0.29, 0.717) is 5.69 Å². The summed E-state index contributed by atoms with van der Waals surface area (Å²) < 4.78 is 2.82. The van der Waals surface area contributed by atoms with E-state index in [9.17, 15) is 14.4 Å². The number of nitrogens with one attached hydrogen (secondary N) is 1. The van der Waals surface area contributed by atoms with Crippen molar-refractivity contribution in [3.05, 3.63) is 63.7 Å². The summed E-state index contributed by atoms with van der Waals surface area (Å²) in [6, 6.07) is 8.00. The molecule has 1 aliphatic rings. The van der Waals surface area contributed by atoms with E-state index in [0.717, 1.165) is 23.9 Å². The van der Waals surface area contributed by atoms with Gasteiger partial charge < -0.3 is 5.73 Å². The first-order chi connectivity index (χ1) is 12.5. The van der Waals surface area contributed by atoms with E-state index in [2.05, 4.69) is 15.6 Å². The van der Waals surface area contributed by atoms with E-state index in [4.69, 9.17) is 5.73 Å². The van der Waals surface area contributed by atoms with Crippen molar-refractivity contribution in [2.24, 2.45) is 0 Å². The maximum absolute atomic E-state index is 12.4. The number of imide groups is 1. The van der Waals surface area contributed by atoms with E-state index in [1.54, 1.807) is 28.9 Å². The topological polar surface area (TPSA) is 125 Å². The molecule has 3 aromatic rings. The molecule has 9 nitrogen and oxygen atoms in total. The molecule has 1 aliphatic heterocycles. The third-order valence-corrected chi connectivity index (χ3v) is 4.23. The lowest BCUT2D eigenvalue weighted by Crippen LogP contribution is -2.24. The summed E-state index contributed by atoms with van der Waals surface area (Å²) in [4.78, 5) is 36.0. The number of pyridine rings is 1. The monoisotopic (exact) mass is 350 g/mol. The van der Waals surface area contributed by atoms with Crippen molar-refractivity contribution in [3.63, 3.8) is 0 Å². The summed E-state index contributed by atoms with van der Waals surface area (Å²) in [5.41, 5.74) is 7.64. The third-order valence-electron chi connectivity index (χ3n) is 4.23. The van der Waals surface area contributed by atoms with Crippen LogP contribution in [0.2, 0.25) is 0 Å². The van der Waals surface area contributed by atoms with Crippen molar-refractivity contribution < 1.29 is 9.59 Å². The highest BCUT2D eigenvalue weighted by Crippen LogP contribution is 2.23. The molecule has 0 fully saturated rings. The second-order valence-corrected chi connectivity index (χ2v) is 5.80. The van der Waals surface area contributed by atoms with Gasteiger partial charge in [-0.3, -0.25) is 24.3 Å². The number of aromatic nitrogens is 4. The molecule has 3 N–H and O–H groups in total. The Bertz CT molecular complexity index is 1110. The minimum Gasteiger partial charge on any atom is -0.384 e. The largest absolute Gasteiger partial charge is 0.384 e. The van der Waals surface area contributed by atoms with Crippen molar-refractivity contribution in [2.45, 2.75) is 13.3 Å². The first-order valence-corrected chi connectivity index (χ1v) is 7.93. The summed E-state index contributed by atoms with van der Waals surface area (Å²) >= 11 is 0. The van der Waals surface area contributed by atoms with Gasteiger partial charge in [-0.05, 0) is 30.7 Å². The van der Waals surface area contributed by atoms with Crippen LogP contribution < -0.4 is 16.6 Å². The van der Waals surface area contributed by atoms with Gasteiger partial charge in [0.15, 0.2) is 0 Å². The molecule has 9 heteroatoms. The van der Waals surface area contributed by atoms with Gasteiger partial charge in [0.1, 0.15) is 5.82 Å². The number of rotatable bonds is 3. The van der Waals surface area contributed by atoms with Crippen LogP contribution in [0.1, 0.15) is 33.3 Å². The van der Waals surface area contributed by atoms with Crippen LogP contribution in [0.15, 0.2) is 41.3 Å². The highest BCUT2D eigenvalue weighted by atomic mass is 16.2. The molecule has 4 rings (SSSR count). The second-order valence-electron chi connectivity index (χ2n) is 5.80. The van der Waals surface area contributed by atoms with Crippen molar-refractivity contribution in [3.8, 4) is 11.4 Å². The number of aryl methyl sites for hydroxylation is 1. The molecular weight excluding hydrogens is 336 g/mol. The molecule has 1 aromatic carbocycles. The summed E-state index contributed by atoms with van der Waals surface area (Å²) in [6.45, 7) is 1.99. The van der Waals surface area contributed by atoms with E-state index >= 15 is 0 Å². The number of benzene rings is 1. The van der Waals surface area contributed by atoms with Gasteiger partial charge in [0.05, 0.1) is 34.4 Å². The van der Waals surface area contributed by atoms with E-state index in [1.165, 1.54) is 4.57 Å². The lowest BCUT2D eigenvalue weighted by molar-refractivity contribution is 0.0880. The predicted octanol–water partition coefficient (Wildman–Crippen LogP) is 0.446. The molecule has 2 aromatic heterocycles. The van der Waals surface area contributed by atoms with Gasteiger partial charge in [-0.15, -0.1) is 5.10 Å². The van der Waals surface area contributed by atoms with E-state index in [1.807, 2.05) is 13.1 Å². The number of fused-ring (bicyclic) bond motifs is 1. The van der Waals surface area contributed by atoms with Crippen LogP contribution in [0.4, 0.5) is 5.82 Å². The molecule has 26 heavy (non-hydrogen) atoms. The summed E-state index contributed by atoms with van der Waals surface area (Å²) in [5.74, 6) is -1.30. The molecule has 0 saturated heterocycles. The molecule has 0 unspecified atom stereocenters. The molecule has 3 heterocycles. The van der Waals surface area contributed by atoms with Crippen molar-refractivity contribution >= 4 is 17.6 Å². The fraction of sp³-hybridized carbons (Fsp3) is 0.118. The van der Waals surface area contributed by atoms with Gasteiger partial charge in [-0.1, -0.05) is 12.1 Å². The van der Waals surface area contributed by atoms with Gasteiger partial charge in [0.2, 0.25) is 0 Å². The number of carbonyl (C=O) groups excluding carboxylic acids is 2. The zero-order valence-corrected chi connectivity index (χ0v) is 13.8. The van der Waals surface area contributed by atoms with Crippen LogP contribution in [0, 0.1) is 0 Å². The van der Waals surface area contributed by atoms with Gasteiger partial charge in [-0.25, -0.2) is 4.68 Å². The fourth-order valence-electron chi connectivity index (χ4n) is 2.89. The Hall–Kier alpha value is -3.75. The predicted molar refractivity (Wildman–Crippen MR) is 92.5 cm³/mol. The maximum Gasteiger partial charge on any atom is 0.262 e. The molecule has 0 saturated carbocycles. The number of nitrogens with zero attached hydrogens (tertiary/aromatic N) is 4. The number of amides is 2.